The molecule has 4 aromatic rings. The van der Waals surface area contributed by atoms with Crippen LogP contribution in [0, 0.1) is 0 Å². The van der Waals surface area contributed by atoms with Crippen molar-refractivity contribution in [2.75, 3.05) is 7.11 Å². The number of nitrogens with zero attached hydrogens (tertiary/aromatic N) is 1. The molecule has 1 aromatic heterocycles. The smallest absolute Gasteiger partial charge is 0.337 e. The van der Waals surface area contributed by atoms with Crippen molar-refractivity contribution in [2.45, 2.75) is 19.4 Å². The summed E-state index contributed by atoms with van der Waals surface area (Å²) in [6.07, 6.45) is 2.42. The second-order valence-corrected chi connectivity index (χ2v) is 8.63. The molecule has 0 amide bonds. The summed E-state index contributed by atoms with van der Waals surface area (Å²) in [5.74, 6) is -0.499. The molecule has 0 bridgehead atoms. The minimum Gasteiger partial charge on any atom is -0.489 e. The van der Waals surface area contributed by atoms with Gasteiger partial charge < -0.3 is 14.6 Å². The van der Waals surface area contributed by atoms with E-state index >= 15 is 0 Å². The van der Waals surface area contributed by atoms with E-state index in [1.807, 2.05) is 66.7 Å². The fraction of sp³-hybridized carbons (Fsp3) is 0.148. The van der Waals surface area contributed by atoms with E-state index in [1.165, 1.54) is 7.11 Å². The third kappa shape index (κ3) is 5.88. The lowest BCUT2D eigenvalue weighted by Crippen LogP contribution is -2.02. The Bertz CT molecular complexity index is 1290. The molecule has 0 spiro atoms. The molecule has 0 radical (unpaired) electrons. The van der Waals surface area contributed by atoms with Gasteiger partial charge in [-0.2, -0.15) is 0 Å². The Kier molecular flexibility index (Phi) is 7.34. The Morgan fingerprint density at radius 2 is 1.71 bits per heavy atom. The number of carbonyl (C=O) groups is 2. The zero-order valence-corrected chi connectivity index (χ0v) is 19.4. The molecule has 7 heteroatoms. The number of aliphatic carboxylic acids is 1. The van der Waals surface area contributed by atoms with Crippen LogP contribution >= 0.6 is 11.3 Å². The summed E-state index contributed by atoms with van der Waals surface area (Å²) in [5.41, 5.74) is 4.17. The van der Waals surface area contributed by atoms with Gasteiger partial charge in [-0.1, -0.05) is 36.4 Å². The second kappa shape index (κ2) is 10.8. The maximum Gasteiger partial charge on any atom is 0.337 e. The molecule has 0 saturated carbocycles. The van der Waals surface area contributed by atoms with E-state index in [9.17, 15) is 14.7 Å². The normalized spacial score (nSPS) is 11.4. The van der Waals surface area contributed by atoms with Crippen molar-refractivity contribution in [3.63, 3.8) is 0 Å². The predicted octanol–water partition coefficient (Wildman–Crippen LogP) is 6.07. The molecule has 4 rings (SSSR count). The highest BCUT2D eigenvalue weighted by atomic mass is 32.1. The third-order valence-electron chi connectivity index (χ3n) is 5.18. The van der Waals surface area contributed by atoms with Crippen LogP contribution in [0.25, 0.3) is 21.9 Å². The van der Waals surface area contributed by atoms with Crippen molar-refractivity contribution < 1.29 is 24.2 Å². The van der Waals surface area contributed by atoms with E-state index < -0.39 is 5.97 Å². The number of hydrogen-bond acceptors (Lipinski definition) is 6. The lowest BCUT2D eigenvalue weighted by atomic mass is 10.1. The first-order chi connectivity index (χ1) is 16.5. The number of carboxylic acids is 1. The van der Waals surface area contributed by atoms with Crippen LogP contribution in [0.5, 0.6) is 5.75 Å². The van der Waals surface area contributed by atoms with Crippen LogP contribution in [-0.2, 0) is 16.1 Å². The molecule has 1 heterocycles. The number of ether oxygens (including phenoxy) is 2. The fourth-order valence-electron chi connectivity index (χ4n) is 3.38. The Morgan fingerprint density at radius 3 is 2.38 bits per heavy atom. The van der Waals surface area contributed by atoms with Crippen LogP contribution in [0.15, 0.2) is 72.8 Å². The number of thiazole rings is 1. The van der Waals surface area contributed by atoms with Gasteiger partial charge in [0.2, 0.25) is 0 Å². The maximum atomic E-state index is 11.5. The van der Waals surface area contributed by atoms with Gasteiger partial charge in [0.05, 0.1) is 22.9 Å². The minimum absolute atomic E-state index is 0.0394. The number of aromatic nitrogens is 1. The summed E-state index contributed by atoms with van der Waals surface area (Å²) in [5, 5.41) is 10.0. The van der Waals surface area contributed by atoms with Gasteiger partial charge in [0.1, 0.15) is 17.4 Å². The predicted molar refractivity (Wildman–Crippen MR) is 133 cm³/mol. The zero-order chi connectivity index (χ0) is 23.9. The van der Waals surface area contributed by atoms with Gasteiger partial charge in [-0.3, -0.25) is 4.79 Å². The summed E-state index contributed by atoms with van der Waals surface area (Å²) in [6, 6.07) is 22.6. The Hall–Kier alpha value is -3.97. The van der Waals surface area contributed by atoms with Crippen molar-refractivity contribution in [1.29, 1.82) is 0 Å². The lowest BCUT2D eigenvalue weighted by Gasteiger charge is -2.08. The first-order valence-corrected chi connectivity index (χ1v) is 11.5. The molecule has 0 saturated heterocycles. The van der Waals surface area contributed by atoms with Gasteiger partial charge in [-0.25, -0.2) is 9.78 Å². The van der Waals surface area contributed by atoms with E-state index in [-0.39, 0.29) is 12.4 Å². The average molecular weight is 474 g/mol. The number of esters is 1. The Morgan fingerprint density at radius 1 is 0.971 bits per heavy atom. The number of benzene rings is 3. The standard InChI is InChI=1S/C27H23NO5S/c1-32-27(31)20-10-6-19(7-11-20)17-33-22-13-8-18(9-14-22)16-21(12-15-25(29)30)26-28-23-4-2-3-5-24(23)34-26/h2-11,13-14,16H,12,15,17H2,1H3,(H,29,30)/b21-16+. The van der Waals surface area contributed by atoms with Crippen LogP contribution in [0.2, 0.25) is 0 Å². The van der Waals surface area contributed by atoms with Crippen LogP contribution in [0.3, 0.4) is 0 Å². The molecule has 1 N–H and O–H groups in total. The van der Waals surface area contributed by atoms with Gasteiger partial charge in [0.25, 0.3) is 0 Å². The molecule has 0 fully saturated rings. The number of carboxylic acid groups (broad SMARTS) is 1. The first-order valence-electron chi connectivity index (χ1n) is 10.7. The van der Waals surface area contributed by atoms with Crippen molar-refractivity contribution in [1.82, 2.24) is 4.98 Å². The van der Waals surface area contributed by atoms with Crippen molar-refractivity contribution in [2.24, 2.45) is 0 Å². The summed E-state index contributed by atoms with van der Waals surface area (Å²) in [6.45, 7) is 0.367. The van der Waals surface area contributed by atoms with Crippen LogP contribution in [0.1, 0.15) is 39.3 Å². The number of hydrogen-bond donors (Lipinski definition) is 1. The molecule has 0 aliphatic heterocycles. The number of para-hydroxylation sites is 1. The van der Waals surface area contributed by atoms with Crippen LogP contribution in [-0.4, -0.2) is 29.1 Å². The quantitative estimate of drug-likeness (QED) is 0.297. The first kappa shape index (κ1) is 23.2. The van der Waals surface area contributed by atoms with Crippen molar-refractivity contribution >= 4 is 45.1 Å². The lowest BCUT2D eigenvalue weighted by molar-refractivity contribution is -0.136. The maximum absolute atomic E-state index is 11.5. The minimum atomic E-state index is -0.838. The topological polar surface area (TPSA) is 85.7 Å². The van der Waals surface area contributed by atoms with E-state index in [0.717, 1.165) is 31.9 Å². The molecule has 0 unspecified atom stereocenters. The Labute approximate surface area is 201 Å². The number of allylic oxidation sites excluding steroid dienone is 1. The third-order valence-corrected chi connectivity index (χ3v) is 6.29. The van der Waals surface area contributed by atoms with E-state index in [4.69, 9.17) is 14.5 Å². The van der Waals surface area contributed by atoms with Gasteiger partial charge >= 0.3 is 11.9 Å². The molecular weight excluding hydrogens is 450 g/mol. The van der Waals surface area contributed by atoms with E-state index in [0.29, 0.717) is 24.3 Å². The SMILES string of the molecule is COC(=O)c1ccc(COc2ccc(/C=C(\CCC(=O)O)c3nc4ccccc4s3)cc2)cc1. The van der Waals surface area contributed by atoms with Crippen molar-refractivity contribution in [3.8, 4) is 5.75 Å². The largest absolute Gasteiger partial charge is 0.489 e. The fourth-order valence-corrected chi connectivity index (χ4v) is 4.38. The highest BCUT2D eigenvalue weighted by molar-refractivity contribution is 7.19. The molecule has 0 aliphatic rings. The zero-order valence-electron chi connectivity index (χ0n) is 18.6. The molecule has 3 aromatic carbocycles. The summed E-state index contributed by atoms with van der Waals surface area (Å²) >= 11 is 1.56. The number of rotatable bonds is 9. The summed E-state index contributed by atoms with van der Waals surface area (Å²) < 4.78 is 11.6. The van der Waals surface area contributed by atoms with Crippen LogP contribution < -0.4 is 4.74 Å². The molecule has 0 atom stereocenters. The Balaban J connectivity index is 1.47. The van der Waals surface area contributed by atoms with Gasteiger partial charge in [0, 0.05) is 6.42 Å². The summed E-state index contributed by atoms with van der Waals surface area (Å²) in [7, 11) is 1.35. The molecule has 6 nitrogen and oxygen atoms in total. The number of methoxy groups -OCH3 is 1. The summed E-state index contributed by atoms with van der Waals surface area (Å²) in [4.78, 5) is 27.4. The second-order valence-electron chi connectivity index (χ2n) is 7.60. The van der Waals surface area contributed by atoms with Gasteiger partial charge in [-0.05, 0) is 65.6 Å². The molecule has 34 heavy (non-hydrogen) atoms. The number of carbonyl (C=O) groups excluding carboxylic acids is 1. The average Bonchev–Trinajstić information content (AvgIpc) is 3.30. The van der Waals surface area contributed by atoms with Crippen molar-refractivity contribution in [3.05, 3.63) is 94.5 Å². The highest BCUT2D eigenvalue weighted by Gasteiger charge is 2.11. The highest BCUT2D eigenvalue weighted by Crippen LogP contribution is 2.31. The van der Waals surface area contributed by atoms with E-state index in [1.54, 1.807) is 23.5 Å². The van der Waals surface area contributed by atoms with Gasteiger partial charge in [-0.15, -0.1) is 11.3 Å². The molecular formula is C27H23NO5S. The molecule has 172 valence electrons. The monoisotopic (exact) mass is 473 g/mol. The van der Waals surface area contributed by atoms with Crippen LogP contribution in [0.4, 0.5) is 0 Å². The van der Waals surface area contributed by atoms with E-state index in [2.05, 4.69) is 0 Å². The molecule has 0 aliphatic carbocycles. The van der Waals surface area contributed by atoms with Gasteiger partial charge in [0.15, 0.2) is 0 Å². The number of fused-ring (bicyclic) bond motifs is 1.